The third kappa shape index (κ3) is 3.14. The molecule has 1 heterocycles. The fourth-order valence-corrected chi connectivity index (χ4v) is 1.87. The minimum absolute atomic E-state index is 0.311. The molecule has 0 aliphatic carbocycles. The summed E-state index contributed by atoms with van der Waals surface area (Å²) >= 11 is 0. The molecule has 0 spiro atoms. The second kappa shape index (κ2) is 5.15. The van der Waals surface area contributed by atoms with Crippen molar-refractivity contribution in [3.8, 4) is 0 Å². The quantitative estimate of drug-likeness (QED) is 0.691. The molecule has 1 fully saturated rings. The first-order valence-electron chi connectivity index (χ1n) is 5.33. The van der Waals surface area contributed by atoms with Gasteiger partial charge in [0, 0.05) is 11.6 Å². The van der Waals surface area contributed by atoms with Crippen molar-refractivity contribution in [2.45, 2.75) is 39.2 Å². The van der Waals surface area contributed by atoms with Crippen molar-refractivity contribution < 1.29 is 4.79 Å². The number of carbonyl (C=O) groups is 1. The van der Waals surface area contributed by atoms with Gasteiger partial charge in [0.25, 0.3) is 0 Å². The lowest BCUT2D eigenvalue weighted by Gasteiger charge is -2.30. The molecule has 1 amide bonds. The molecule has 1 saturated heterocycles. The van der Waals surface area contributed by atoms with E-state index in [4.69, 9.17) is 5.73 Å². The van der Waals surface area contributed by atoms with Gasteiger partial charge in [-0.05, 0) is 39.8 Å². The summed E-state index contributed by atoms with van der Waals surface area (Å²) in [6.07, 6.45) is 5.84. The van der Waals surface area contributed by atoms with E-state index in [1.165, 1.54) is 19.3 Å². The highest BCUT2D eigenvalue weighted by Crippen LogP contribution is 2.13. The molecule has 1 atom stereocenters. The third-order valence-corrected chi connectivity index (χ3v) is 2.85. The van der Waals surface area contributed by atoms with E-state index in [0.717, 1.165) is 13.1 Å². The van der Waals surface area contributed by atoms with E-state index in [1.807, 2.05) is 6.08 Å². The van der Waals surface area contributed by atoms with Gasteiger partial charge in [-0.1, -0.05) is 12.5 Å². The van der Waals surface area contributed by atoms with Gasteiger partial charge in [0.1, 0.15) is 0 Å². The molecule has 1 aliphatic heterocycles. The second-order valence-electron chi connectivity index (χ2n) is 4.05. The average Bonchev–Trinajstić information content (AvgIpc) is 2.19. The van der Waals surface area contributed by atoms with Crippen LogP contribution in [0, 0.1) is 0 Å². The first-order valence-corrected chi connectivity index (χ1v) is 5.33. The summed E-state index contributed by atoms with van der Waals surface area (Å²) in [7, 11) is 0. The van der Waals surface area contributed by atoms with Crippen LogP contribution < -0.4 is 5.73 Å². The number of hydrogen-bond donors (Lipinski definition) is 1. The van der Waals surface area contributed by atoms with Crippen LogP contribution in [0.2, 0.25) is 0 Å². The normalized spacial score (nSPS) is 22.0. The maximum Gasteiger partial charge on any atom is 0.244 e. The molecule has 0 aromatic rings. The minimum atomic E-state index is -0.311. The van der Waals surface area contributed by atoms with Gasteiger partial charge in [0.2, 0.25) is 5.91 Å². The molecule has 14 heavy (non-hydrogen) atoms. The lowest BCUT2D eigenvalue weighted by Crippen LogP contribution is -2.36. The van der Waals surface area contributed by atoms with Crippen LogP contribution in [0.5, 0.6) is 0 Å². The van der Waals surface area contributed by atoms with Gasteiger partial charge in [-0.25, -0.2) is 0 Å². The lowest BCUT2D eigenvalue weighted by atomic mass is 10.1. The molecule has 3 nitrogen and oxygen atoms in total. The molecule has 1 unspecified atom stereocenters. The van der Waals surface area contributed by atoms with Crippen molar-refractivity contribution in [2.24, 2.45) is 5.73 Å². The molecule has 0 saturated carbocycles. The predicted molar refractivity (Wildman–Crippen MR) is 57.8 cm³/mol. The number of likely N-dealkylation sites (tertiary alicyclic amines) is 1. The number of hydrogen-bond acceptors (Lipinski definition) is 2. The maximum atomic E-state index is 10.9. The van der Waals surface area contributed by atoms with Crippen molar-refractivity contribution >= 4 is 5.91 Å². The molecule has 1 rings (SSSR count). The summed E-state index contributed by atoms with van der Waals surface area (Å²) < 4.78 is 0. The Morgan fingerprint density at radius 3 is 2.43 bits per heavy atom. The Labute approximate surface area is 86.0 Å². The molecule has 1 aliphatic rings. The summed E-state index contributed by atoms with van der Waals surface area (Å²) in [6, 6.07) is 0.336. The van der Waals surface area contributed by atoms with Gasteiger partial charge in [0.15, 0.2) is 0 Å². The summed E-state index contributed by atoms with van der Waals surface area (Å²) in [5.74, 6) is -0.311. The number of carbonyl (C=O) groups excluding carboxylic acids is 1. The zero-order chi connectivity index (χ0) is 10.6. The van der Waals surface area contributed by atoms with Crippen LogP contribution in [0.25, 0.3) is 0 Å². The molecule has 3 heteroatoms. The van der Waals surface area contributed by atoms with Crippen LogP contribution in [0.1, 0.15) is 33.1 Å². The van der Waals surface area contributed by atoms with Crippen LogP contribution >= 0.6 is 0 Å². The SMILES string of the molecule is C/C(=C\C(C)N1CCCCC1)C(N)=O. The van der Waals surface area contributed by atoms with E-state index in [2.05, 4.69) is 11.8 Å². The lowest BCUT2D eigenvalue weighted by molar-refractivity contribution is -0.114. The Bertz CT molecular complexity index is 229. The zero-order valence-corrected chi connectivity index (χ0v) is 9.12. The fourth-order valence-electron chi connectivity index (χ4n) is 1.87. The van der Waals surface area contributed by atoms with Gasteiger partial charge in [-0.3, -0.25) is 9.69 Å². The van der Waals surface area contributed by atoms with Gasteiger partial charge < -0.3 is 5.73 Å². The summed E-state index contributed by atoms with van der Waals surface area (Å²) in [5.41, 5.74) is 5.86. The van der Waals surface area contributed by atoms with E-state index in [0.29, 0.717) is 11.6 Å². The molecular formula is C11H20N2O. The van der Waals surface area contributed by atoms with E-state index in [-0.39, 0.29) is 5.91 Å². The Morgan fingerprint density at radius 2 is 1.93 bits per heavy atom. The highest BCUT2D eigenvalue weighted by Gasteiger charge is 2.15. The van der Waals surface area contributed by atoms with E-state index < -0.39 is 0 Å². The summed E-state index contributed by atoms with van der Waals surface area (Å²) in [5, 5.41) is 0. The van der Waals surface area contributed by atoms with Crippen LogP contribution in [0.3, 0.4) is 0 Å². The van der Waals surface area contributed by atoms with Gasteiger partial charge in [-0.15, -0.1) is 0 Å². The third-order valence-electron chi connectivity index (χ3n) is 2.85. The number of nitrogens with two attached hydrogens (primary N) is 1. The standard InChI is InChI=1S/C11H20N2O/c1-9(11(12)14)8-10(2)13-6-4-3-5-7-13/h8,10H,3-7H2,1-2H3,(H2,12,14)/b9-8+. The first kappa shape index (κ1) is 11.2. The van der Waals surface area contributed by atoms with Gasteiger partial charge >= 0.3 is 0 Å². The number of nitrogens with zero attached hydrogens (tertiary/aromatic N) is 1. The molecule has 80 valence electrons. The smallest absolute Gasteiger partial charge is 0.244 e. The molecular weight excluding hydrogens is 176 g/mol. The first-order chi connectivity index (χ1) is 6.61. The van der Waals surface area contributed by atoms with E-state index in [1.54, 1.807) is 6.92 Å². The molecule has 0 bridgehead atoms. The fraction of sp³-hybridized carbons (Fsp3) is 0.727. The second-order valence-corrected chi connectivity index (χ2v) is 4.05. The van der Waals surface area contributed by atoms with E-state index in [9.17, 15) is 4.79 Å². The van der Waals surface area contributed by atoms with Crippen LogP contribution in [-0.4, -0.2) is 29.9 Å². The monoisotopic (exact) mass is 196 g/mol. The minimum Gasteiger partial charge on any atom is -0.366 e. The highest BCUT2D eigenvalue weighted by atomic mass is 16.1. The molecule has 0 aromatic carbocycles. The predicted octanol–water partition coefficient (Wildman–Crippen LogP) is 1.29. The molecule has 0 radical (unpaired) electrons. The van der Waals surface area contributed by atoms with Crippen molar-refractivity contribution in [3.63, 3.8) is 0 Å². The van der Waals surface area contributed by atoms with Gasteiger partial charge in [-0.2, -0.15) is 0 Å². The van der Waals surface area contributed by atoms with Crippen molar-refractivity contribution in [1.82, 2.24) is 4.90 Å². The topological polar surface area (TPSA) is 46.3 Å². The van der Waals surface area contributed by atoms with Gasteiger partial charge in [0.05, 0.1) is 0 Å². The van der Waals surface area contributed by atoms with Crippen molar-refractivity contribution in [2.75, 3.05) is 13.1 Å². The number of rotatable bonds is 3. The zero-order valence-electron chi connectivity index (χ0n) is 9.12. The Balaban J connectivity index is 2.51. The largest absolute Gasteiger partial charge is 0.366 e. The molecule has 0 aromatic heterocycles. The van der Waals surface area contributed by atoms with Crippen molar-refractivity contribution in [1.29, 1.82) is 0 Å². The average molecular weight is 196 g/mol. The highest BCUT2D eigenvalue weighted by molar-refractivity contribution is 5.91. The van der Waals surface area contributed by atoms with Crippen molar-refractivity contribution in [3.05, 3.63) is 11.6 Å². The van der Waals surface area contributed by atoms with E-state index >= 15 is 0 Å². The molecule has 2 N–H and O–H groups in total. The summed E-state index contributed by atoms with van der Waals surface area (Å²) in [4.78, 5) is 13.3. The maximum absolute atomic E-state index is 10.9. The summed E-state index contributed by atoms with van der Waals surface area (Å²) in [6.45, 7) is 6.19. The van der Waals surface area contributed by atoms with Crippen LogP contribution in [0.15, 0.2) is 11.6 Å². The number of piperidine rings is 1. The van der Waals surface area contributed by atoms with Crippen LogP contribution in [-0.2, 0) is 4.79 Å². The number of amides is 1. The van der Waals surface area contributed by atoms with Crippen LogP contribution in [0.4, 0.5) is 0 Å². The Morgan fingerprint density at radius 1 is 1.36 bits per heavy atom. The Hall–Kier alpha value is -0.830. The Kier molecular flexibility index (Phi) is 4.14. The number of primary amides is 1.